The van der Waals surface area contributed by atoms with Crippen LogP contribution in [-0.4, -0.2) is 20.3 Å². The molecule has 21 heavy (non-hydrogen) atoms. The molecule has 0 fully saturated rings. The van der Waals surface area contributed by atoms with E-state index in [9.17, 15) is 0 Å². The summed E-state index contributed by atoms with van der Waals surface area (Å²) in [6, 6.07) is 16.3. The molecule has 0 unspecified atom stereocenters. The summed E-state index contributed by atoms with van der Waals surface area (Å²) in [4.78, 5) is 0. The molecule has 3 nitrogen and oxygen atoms in total. The van der Waals surface area contributed by atoms with E-state index in [4.69, 9.17) is 9.47 Å². The average Bonchev–Trinajstić information content (AvgIpc) is 2.52. The standard InChI is InChI=1S/C18H23NO2/c1-3-15-6-4-8-17(12-15)20-10-11-21-18-9-5-7-16(13-18)14-19-2/h4-9,12-13,19H,3,10-11,14H2,1-2H3. The lowest BCUT2D eigenvalue weighted by Gasteiger charge is -2.10. The van der Waals surface area contributed by atoms with Crippen LogP contribution >= 0.6 is 0 Å². The van der Waals surface area contributed by atoms with Gasteiger partial charge in [0.1, 0.15) is 24.7 Å². The van der Waals surface area contributed by atoms with Gasteiger partial charge in [-0.3, -0.25) is 0 Å². The molecule has 112 valence electrons. The number of hydrogen-bond donors (Lipinski definition) is 1. The fraction of sp³-hybridized carbons (Fsp3) is 0.333. The number of ether oxygens (including phenoxy) is 2. The van der Waals surface area contributed by atoms with Crippen molar-refractivity contribution in [1.82, 2.24) is 5.32 Å². The maximum absolute atomic E-state index is 5.72. The van der Waals surface area contributed by atoms with Crippen molar-refractivity contribution in [2.24, 2.45) is 0 Å². The van der Waals surface area contributed by atoms with Crippen LogP contribution in [0.15, 0.2) is 48.5 Å². The van der Waals surface area contributed by atoms with E-state index in [1.54, 1.807) is 0 Å². The third-order valence-corrected chi connectivity index (χ3v) is 3.21. The van der Waals surface area contributed by atoms with Crippen molar-refractivity contribution in [2.45, 2.75) is 19.9 Å². The summed E-state index contributed by atoms with van der Waals surface area (Å²) < 4.78 is 11.4. The molecule has 0 aliphatic rings. The van der Waals surface area contributed by atoms with Crippen LogP contribution in [0.3, 0.4) is 0 Å². The Hall–Kier alpha value is -2.00. The fourth-order valence-electron chi connectivity index (χ4n) is 2.12. The molecule has 2 rings (SSSR count). The summed E-state index contributed by atoms with van der Waals surface area (Å²) in [6.07, 6.45) is 1.02. The van der Waals surface area contributed by atoms with Gasteiger partial charge in [-0.15, -0.1) is 0 Å². The highest BCUT2D eigenvalue weighted by molar-refractivity contribution is 5.29. The van der Waals surface area contributed by atoms with Gasteiger partial charge in [-0.25, -0.2) is 0 Å². The molecule has 0 heterocycles. The third kappa shape index (κ3) is 5.12. The largest absolute Gasteiger partial charge is 0.490 e. The van der Waals surface area contributed by atoms with Crippen LogP contribution in [0.5, 0.6) is 11.5 Å². The Balaban J connectivity index is 1.77. The van der Waals surface area contributed by atoms with Crippen LogP contribution in [0.1, 0.15) is 18.1 Å². The molecule has 1 N–H and O–H groups in total. The van der Waals surface area contributed by atoms with Gasteiger partial charge >= 0.3 is 0 Å². The highest BCUT2D eigenvalue weighted by Crippen LogP contribution is 2.15. The van der Waals surface area contributed by atoms with Gasteiger partial charge in [0.15, 0.2) is 0 Å². The van der Waals surface area contributed by atoms with Crippen LogP contribution in [-0.2, 0) is 13.0 Å². The number of benzene rings is 2. The van der Waals surface area contributed by atoms with Gasteiger partial charge in [0.25, 0.3) is 0 Å². The molecule has 0 radical (unpaired) electrons. The first kappa shape index (κ1) is 15.4. The summed E-state index contributed by atoms with van der Waals surface area (Å²) in [5.74, 6) is 1.79. The van der Waals surface area contributed by atoms with Crippen molar-refractivity contribution in [3.8, 4) is 11.5 Å². The minimum absolute atomic E-state index is 0.541. The maximum atomic E-state index is 5.72. The molecule has 2 aromatic carbocycles. The van der Waals surface area contributed by atoms with E-state index < -0.39 is 0 Å². The summed E-state index contributed by atoms with van der Waals surface area (Å²) >= 11 is 0. The van der Waals surface area contributed by atoms with Gasteiger partial charge in [0, 0.05) is 6.54 Å². The van der Waals surface area contributed by atoms with Crippen molar-refractivity contribution in [3.63, 3.8) is 0 Å². The first-order valence-electron chi connectivity index (χ1n) is 7.40. The van der Waals surface area contributed by atoms with E-state index in [1.165, 1.54) is 11.1 Å². The van der Waals surface area contributed by atoms with E-state index in [0.717, 1.165) is 24.5 Å². The molecule has 0 bridgehead atoms. The molecule has 0 aliphatic carbocycles. The van der Waals surface area contributed by atoms with Crippen molar-refractivity contribution < 1.29 is 9.47 Å². The number of rotatable bonds is 8. The minimum Gasteiger partial charge on any atom is -0.490 e. The van der Waals surface area contributed by atoms with Gasteiger partial charge in [-0.05, 0) is 48.9 Å². The van der Waals surface area contributed by atoms with E-state index >= 15 is 0 Å². The summed E-state index contributed by atoms with van der Waals surface area (Å²) in [5, 5.41) is 3.13. The highest BCUT2D eigenvalue weighted by Gasteiger charge is 1.98. The Kier molecular flexibility index (Phi) is 6.10. The van der Waals surface area contributed by atoms with Gasteiger partial charge < -0.3 is 14.8 Å². The first-order valence-corrected chi connectivity index (χ1v) is 7.40. The molecule has 0 aliphatic heterocycles. The number of nitrogens with one attached hydrogen (secondary N) is 1. The predicted octanol–water partition coefficient (Wildman–Crippen LogP) is 3.43. The monoisotopic (exact) mass is 285 g/mol. The zero-order chi connectivity index (χ0) is 14.9. The van der Waals surface area contributed by atoms with Crippen molar-refractivity contribution in [1.29, 1.82) is 0 Å². The molecular formula is C18H23NO2. The molecular weight excluding hydrogens is 262 g/mol. The Morgan fingerprint density at radius 2 is 1.43 bits per heavy atom. The second kappa shape index (κ2) is 8.32. The van der Waals surface area contributed by atoms with Crippen LogP contribution < -0.4 is 14.8 Å². The second-order valence-electron chi connectivity index (χ2n) is 4.88. The summed E-state index contributed by atoms with van der Waals surface area (Å²) in [7, 11) is 1.94. The molecule has 0 saturated carbocycles. The van der Waals surface area contributed by atoms with E-state index in [2.05, 4.69) is 30.4 Å². The van der Waals surface area contributed by atoms with Crippen molar-refractivity contribution in [3.05, 3.63) is 59.7 Å². The number of aryl methyl sites for hydroxylation is 1. The van der Waals surface area contributed by atoms with Crippen LogP contribution in [0, 0.1) is 0 Å². The smallest absolute Gasteiger partial charge is 0.122 e. The molecule has 0 amide bonds. The first-order chi connectivity index (χ1) is 10.3. The summed E-state index contributed by atoms with van der Waals surface area (Å²) in [5.41, 5.74) is 2.50. The lowest BCUT2D eigenvalue weighted by molar-refractivity contribution is 0.217. The average molecular weight is 285 g/mol. The van der Waals surface area contributed by atoms with Gasteiger partial charge in [-0.2, -0.15) is 0 Å². The zero-order valence-corrected chi connectivity index (χ0v) is 12.8. The topological polar surface area (TPSA) is 30.5 Å². The van der Waals surface area contributed by atoms with Crippen LogP contribution in [0.4, 0.5) is 0 Å². The van der Waals surface area contributed by atoms with E-state index in [-0.39, 0.29) is 0 Å². The Morgan fingerprint density at radius 3 is 2.00 bits per heavy atom. The normalized spacial score (nSPS) is 10.4. The van der Waals surface area contributed by atoms with Crippen LogP contribution in [0.25, 0.3) is 0 Å². The minimum atomic E-state index is 0.541. The Labute approximate surface area is 126 Å². The zero-order valence-electron chi connectivity index (χ0n) is 12.8. The highest BCUT2D eigenvalue weighted by atomic mass is 16.5. The molecule has 0 atom stereocenters. The molecule has 0 saturated heterocycles. The molecule has 3 heteroatoms. The lowest BCUT2D eigenvalue weighted by atomic mass is 10.2. The summed E-state index contributed by atoms with van der Waals surface area (Å²) in [6.45, 7) is 4.07. The van der Waals surface area contributed by atoms with Gasteiger partial charge in [0.05, 0.1) is 0 Å². The number of hydrogen-bond acceptors (Lipinski definition) is 3. The molecule has 0 spiro atoms. The SMILES string of the molecule is CCc1cccc(OCCOc2cccc(CNC)c2)c1. The Bertz CT molecular complexity index is 554. The predicted molar refractivity (Wildman–Crippen MR) is 86.0 cm³/mol. The fourth-order valence-corrected chi connectivity index (χ4v) is 2.12. The third-order valence-electron chi connectivity index (χ3n) is 3.21. The van der Waals surface area contributed by atoms with Crippen LogP contribution in [0.2, 0.25) is 0 Å². The Morgan fingerprint density at radius 1 is 0.857 bits per heavy atom. The van der Waals surface area contributed by atoms with Gasteiger partial charge in [-0.1, -0.05) is 31.2 Å². The quantitative estimate of drug-likeness (QED) is 0.754. The second-order valence-corrected chi connectivity index (χ2v) is 4.88. The van der Waals surface area contributed by atoms with Crippen molar-refractivity contribution in [2.75, 3.05) is 20.3 Å². The maximum Gasteiger partial charge on any atom is 0.122 e. The lowest BCUT2D eigenvalue weighted by Crippen LogP contribution is -2.10. The van der Waals surface area contributed by atoms with Gasteiger partial charge in [0.2, 0.25) is 0 Å². The van der Waals surface area contributed by atoms with E-state index in [0.29, 0.717) is 13.2 Å². The van der Waals surface area contributed by atoms with E-state index in [1.807, 2.05) is 37.4 Å². The molecule has 0 aromatic heterocycles. The van der Waals surface area contributed by atoms with Crippen molar-refractivity contribution >= 4 is 0 Å². The molecule has 2 aromatic rings.